The average molecular weight is 339 g/mol. The molecule has 0 saturated carbocycles. The lowest BCUT2D eigenvalue weighted by Crippen LogP contribution is -2.32. The van der Waals surface area contributed by atoms with Gasteiger partial charge < -0.3 is 15.5 Å². The summed E-state index contributed by atoms with van der Waals surface area (Å²) in [7, 11) is 0. The molecule has 6 heteroatoms. The molecule has 2 N–H and O–H groups in total. The van der Waals surface area contributed by atoms with Crippen LogP contribution < -0.4 is 15.5 Å². The van der Waals surface area contributed by atoms with Crippen LogP contribution >= 0.6 is 0 Å². The molecule has 1 aliphatic heterocycles. The van der Waals surface area contributed by atoms with Crippen LogP contribution in [0, 0.1) is 13.8 Å². The lowest BCUT2D eigenvalue weighted by Gasteiger charge is -2.26. The van der Waals surface area contributed by atoms with Crippen molar-refractivity contribution in [2.45, 2.75) is 39.7 Å². The number of piperidine rings is 1. The van der Waals surface area contributed by atoms with E-state index in [-0.39, 0.29) is 6.03 Å². The minimum Gasteiger partial charge on any atom is -0.341 e. The molecule has 0 atom stereocenters. The number of aryl methyl sites for hydroxylation is 2. The summed E-state index contributed by atoms with van der Waals surface area (Å²) >= 11 is 0. The molecule has 2 aromatic rings. The molecule has 1 aromatic carbocycles. The first kappa shape index (κ1) is 17.2. The van der Waals surface area contributed by atoms with Gasteiger partial charge in [-0.15, -0.1) is 0 Å². The van der Waals surface area contributed by atoms with E-state index in [1.54, 1.807) is 6.20 Å². The molecule has 1 saturated heterocycles. The van der Waals surface area contributed by atoms with E-state index >= 15 is 0 Å². The van der Waals surface area contributed by atoms with Crippen LogP contribution in [-0.4, -0.2) is 29.1 Å². The Morgan fingerprint density at radius 2 is 1.96 bits per heavy atom. The number of rotatable bonds is 4. The molecule has 1 fully saturated rings. The van der Waals surface area contributed by atoms with E-state index in [1.807, 2.05) is 38.1 Å². The molecule has 0 spiro atoms. The molecule has 132 valence electrons. The summed E-state index contributed by atoms with van der Waals surface area (Å²) in [4.78, 5) is 23.3. The SMILES string of the molecule is Cc1ccc(NC(=O)NCc2ccnc(N3CCCCC3)n2)c(C)c1. The van der Waals surface area contributed by atoms with E-state index in [4.69, 9.17) is 0 Å². The van der Waals surface area contributed by atoms with Gasteiger partial charge in [0.2, 0.25) is 5.95 Å². The first-order valence-corrected chi connectivity index (χ1v) is 8.81. The van der Waals surface area contributed by atoms with Crippen molar-refractivity contribution in [2.24, 2.45) is 0 Å². The van der Waals surface area contributed by atoms with Crippen LogP contribution in [0.25, 0.3) is 0 Å². The summed E-state index contributed by atoms with van der Waals surface area (Å²) in [5, 5.41) is 5.74. The Morgan fingerprint density at radius 1 is 1.16 bits per heavy atom. The summed E-state index contributed by atoms with van der Waals surface area (Å²) in [5.74, 6) is 0.758. The van der Waals surface area contributed by atoms with Crippen molar-refractivity contribution in [1.82, 2.24) is 15.3 Å². The Balaban J connectivity index is 1.56. The number of hydrogen-bond donors (Lipinski definition) is 2. The van der Waals surface area contributed by atoms with E-state index in [0.717, 1.165) is 36.0 Å². The molecule has 3 rings (SSSR count). The van der Waals surface area contributed by atoms with Crippen LogP contribution in [0.4, 0.5) is 16.4 Å². The predicted molar refractivity (Wildman–Crippen MR) is 99.9 cm³/mol. The largest absolute Gasteiger partial charge is 0.341 e. The highest BCUT2D eigenvalue weighted by Crippen LogP contribution is 2.16. The van der Waals surface area contributed by atoms with E-state index in [9.17, 15) is 4.79 Å². The summed E-state index contributed by atoms with van der Waals surface area (Å²) in [6.45, 7) is 6.40. The quantitative estimate of drug-likeness (QED) is 0.895. The zero-order valence-corrected chi connectivity index (χ0v) is 14.9. The maximum atomic E-state index is 12.1. The molecular formula is C19H25N5O. The zero-order valence-electron chi connectivity index (χ0n) is 14.9. The number of nitrogens with one attached hydrogen (secondary N) is 2. The summed E-state index contributed by atoms with van der Waals surface area (Å²) in [6.07, 6.45) is 5.40. The van der Waals surface area contributed by atoms with Crippen molar-refractivity contribution >= 4 is 17.7 Å². The second kappa shape index (κ2) is 7.96. The Bertz CT molecular complexity index is 740. The maximum Gasteiger partial charge on any atom is 0.319 e. The molecule has 6 nitrogen and oxygen atoms in total. The highest BCUT2D eigenvalue weighted by Gasteiger charge is 2.13. The molecule has 1 aliphatic rings. The summed E-state index contributed by atoms with van der Waals surface area (Å²) < 4.78 is 0. The number of carbonyl (C=O) groups excluding carboxylic acids is 1. The van der Waals surface area contributed by atoms with Gasteiger partial charge in [0.15, 0.2) is 0 Å². The van der Waals surface area contributed by atoms with E-state index in [0.29, 0.717) is 6.54 Å². The number of anilines is 2. The van der Waals surface area contributed by atoms with Crippen LogP contribution in [-0.2, 0) is 6.54 Å². The van der Waals surface area contributed by atoms with Gasteiger partial charge in [-0.05, 0) is 50.8 Å². The van der Waals surface area contributed by atoms with E-state index < -0.39 is 0 Å². The zero-order chi connectivity index (χ0) is 17.6. The van der Waals surface area contributed by atoms with E-state index in [1.165, 1.54) is 24.8 Å². The topological polar surface area (TPSA) is 70.2 Å². The van der Waals surface area contributed by atoms with Gasteiger partial charge in [-0.2, -0.15) is 0 Å². The molecule has 0 aliphatic carbocycles. The minimum atomic E-state index is -0.231. The van der Waals surface area contributed by atoms with Crippen molar-refractivity contribution in [3.8, 4) is 0 Å². The third-order valence-electron chi connectivity index (χ3n) is 4.40. The highest BCUT2D eigenvalue weighted by atomic mass is 16.2. The number of urea groups is 1. The first-order valence-electron chi connectivity index (χ1n) is 8.81. The number of aromatic nitrogens is 2. The molecule has 2 amide bonds. The molecule has 0 unspecified atom stereocenters. The van der Waals surface area contributed by atoms with Crippen LogP contribution in [0.5, 0.6) is 0 Å². The smallest absolute Gasteiger partial charge is 0.319 e. The maximum absolute atomic E-state index is 12.1. The Kier molecular flexibility index (Phi) is 5.48. The highest BCUT2D eigenvalue weighted by molar-refractivity contribution is 5.90. The molecule has 0 radical (unpaired) electrons. The van der Waals surface area contributed by atoms with Gasteiger partial charge in [0.1, 0.15) is 0 Å². The number of hydrogen-bond acceptors (Lipinski definition) is 4. The second-order valence-electron chi connectivity index (χ2n) is 6.52. The minimum absolute atomic E-state index is 0.231. The number of benzene rings is 1. The summed E-state index contributed by atoms with van der Waals surface area (Å²) in [5.41, 5.74) is 3.85. The molecule has 0 bridgehead atoms. The number of nitrogens with zero attached hydrogens (tertiary/aromatic N) is 3. The first-order chi connectivity index (χ1) is 12.1. The third kappa shape index (κ3) is 4.68. The van der Waals surface area contributed by atoms with Crippen molar-refractivity contribution in [1.29, 1.82) is 0 Å². The number of amides is 2. The van der Waals surface area contributed by atoms with Gasteiger partial charge in [0.25, 0.3) is 0 Å². The Morgan fingerprint density at radius 3 is 2.72 bits per heavy atom. The van der Waals surface area contributed by atoms with Gasteiger partial charge in [-0.25, -0.2) is 14.8 Å². The van der Waals surface area contributed by atoms with Gasteiger partial charge >= 0.3 is 6.03 Å². The van der Waals surface area contributed by atoms with Gasteiger partial charge in [0, 0.05) is 25.0 Å². The van der Waals surface area contributed by atoms with Crippen LogP contribution in [0.1, 0.15) is 36.1 Å². The number of carbonyl (C=O) groups is 1. The average Bonchev–Trinajstić information content (AvgIpc) is 2.63. The normalized spacial score (nSPS) is 14.2. The Labute approximate surface area is 148 Å². The van der Waals surface area contributed by atoms with Crippen LogP contribution in [0.3, 0.4) is 0 Å². The lowest BCUT2D eigenvalue weighted by molar-refractivity contribution is 0.251. The molecule has 25 heavy (non-hydrogen) atoms. The third-order valence-corrected chi connectivity index (χ3v) is 4.40. The van der Waals surface area contributed by atoms with Gasteiger partial charge in [0.05, 0.1) is 12.2 Å². The van der Waals surface area contributed by atoms with Gasteiger partial charge in [-0.3, -0.25) is 0 Å². The standard InChI is InChI=1S/C19H25N5O/c1-14-6-7-17(15(2)12-14)23-19(25)21-13-16-8-9-20-18(22-16)24-10-4-3-5-11-24/h6-9,12H,3-5,10-11,13H2,1-2H3,(H2,21,23,25). The van der Waals surface area contributed by atoms with Gasteiger partial charge in [-0.1, -0.05) is 17.7 Å². The monoisotopic (exact) mass is 339 g/mol. The fraction of sp³-hybridized carbons (Fsp3) is 0.421. The lowest BCUT2D eigenvalue weighted by atomic mass is 10.1. The van der Waals surface area contributed by atoms with Crippen molar-refractivity contribution < 1.29 is 4.79 Å². The van der Waals surface area contributed by atoms with Crippen molar-refractivity contribution in [3.05, 3.63) is 47.3 Å². The fourth-order valence-corrected chi connectivity index (χ4v) is 3.02. The molecular weight excluding hydrogens is 314 g/mol. The van der Waals surface area contributed by atoms with Crippen molar-refractivity contribution in [2.75, 3.05) is 23.3 Å². The second-order valence-corrected chi connectivity index (χ2v) is 6.52. The molecule has 2 heterocycles. The predicted octanol–water partition coefficient (Wildman–Crippen LogP) is 3.41. The fourth-order valence-electron chi connectivity index (χ4n) is 3.02. The Hall–Kier alpha value is -2.63. The van der Waals surface area contributed by atoms with Crippen molar-refractivity contribution in [3.63, 3.8) is 0 Å². The summed E-state index contributed by atoms with van der Waals surface area (Å²) in [6, 6.07) is 7.56. The molecule has 1 aromatic heterocycles. The van der Waals surface area contributed by atoms with Crippen LogP contribution in [0.2, 0.25) is 0 Å². The van der Waals surface area contributed by atoms with E-state index in [2.05, 4.69) is 25.5 Å². The van der Waals surface area contributed by atoms with Crippen LogP contribution in [0.15, 0.2) is 30.5 Å².